The van der Waals surface area contributed by atoms with Crippen molar-refractivity contribution in [3.63, 3.8) is 0 Å². The van der Waals surface area contributed by atoms with Gasteiger partial charge < -0.3 is 14.4 Å². The summed E-state index contributed by atoms with van der Waals surface area (Å²) in [7, 11) is 0. The predicted molar refractivity (Wildman–Crippen MR) is 88.2 cm³/mol. The number of rotatable bonds is 4. The number of piperidine rings is 1. The Labute approximate surface area is 144 Å². The van der Waals surface area contributed by atoms with Gasteiger partial charge in [0.15, 0.2) is 5.82 Å². The van der Waals surface area contributed by atoms with Crippen LogP contribution in [-0.4, -0.2) is 44.0 Å². The number of aromatic nitrogens is 4. The monoisotopic (exact) mass is 343 g/mol. The zero-order valence-corrected chi connectivity index (χ0v) is 14.2. The quantitative estimate of drug-likeness (QED) is 0.900. The first-order valence-electron chi connectivity index (χ1n) is 8.78. The molecule has 1 unspecified atom stereocenters. The van der Waals surface area contributed by atoms with Gasteiger partial charge in [-0.15, -0.1) is 0 Å². The molecule has 25 heavy (non-hydrogen) atoms. The second kappa shape index (κ2) is 6.42. The molecule has 1 atom stereocenters. The first kappa shape index (κ1) is 16.0. The minimum atomic E-state index is -0.254. The SMILES string of the molecule is Cc1noc(CC2CCCN(C(=O)c3cc(=O)[nH]c(C4CC4)n3)C2)n1. The molecule has 1 saturated heterocycles. The molecule has 8 nitrogen and oxygen atoms in total. The van der Waals surface area contributed by atoms with Gasteiger partial charge in [0, 0.05) is 31.5 Å². The second-order valence-corrected chi connectivity index (χ2v) is 6.99. The number of H-pyrrole nitrogens is 1. The Hall–Kier alpha value is -2.51. The van der Waals surface area contributed by atoms with E-state index in [1.54, 1.807) is 11.8 Å². The lowest BCUT2D eigenvalue weighted by Crippen LogP contribution is -2.41. The van der Waals surface area contributed by atoms with Crippen molar-refractivity contribution in [2.45, 2.75) is 44.9 Å². The van der Waals surface area contributed by atoms with Gasteiger partial charge in [0.1, 0.15) is 11.5 Å². The molecular weight excluding hydrogens is 322 g/mol. The number of nitrogens with one attached hydrogen (secondary N) is 1. The summed E-state index contributed by atoms with van der Waals surface area (Å²) in [4.78, 5) is 37.8. The Morgan fingerprint density at radius 3 is 2.92 bits per heavy atom. The lowest BCUT2D eigenvalue weighted by atomic mass is 9.94. The maximum absolute atomic E-state index is 12.8. The molecule has 2 fully saturated rings. The first-order valence-corrected chi connectivity index (χ1v) is 8.78. The van der Waals surface area contributed by atoms with Crippen LogP contribution in [0.4, 0.5) is 0 Å². The molecule has 0 aromatic carbocycles. The lowest BCUT2D eigenvalue weighted by molar-refractivity contribution is 0.0661. The number of hydrogen-bond donors (Lipinski definition) is 1. The smallest absolute Gasteiger partial charge is 0.272 e. The zero-order valence-electron chi connectivity index (χ0n) is 14.2. The fourth-order valence-corrected chi connectivity index (χ4v) is 3.38. The van der Waals surface area contributed by atoms with E-state index in [2.05, 4.69) is 20.1 Å². The largest absolute Gasteiger partial charge is 0.339 e. The molecule has 4 rings (SSSR count). The molecule has 2 aliphatic rings. The predicted octanol–water partition coefficient (Wildman–Crippen LogP) is 1.43. The number of amides is 1. The van der Waals surface area contributed by atoms with Crippen LogP contribution in [0.1, 0.15) is 59.6 Å². The molecular formula is C17H21N5O3. The van der Waals surface area contributed by atoms with Gasteiger partial charge in [0.05, 0.1) is 0 Å². The van der Waals surface area contributed by atoms with E-state index in [1.165, 1.54) is 6.07 Å². The maximum atomic E-state index is 12.8. The highest BCUT2D eigenvalue weighted by atomic mass is 16.5. The topological polar surface area (TPSA) is 105 Å². The highest BCUT2D eigenvalue weighted by molar-refractivity contribution is 5.92. The van der Waals surface area contributed by atoms with E-state index in [1.807, 2.05) is 0 Å². The van der Waals surface area contributed by atoms with Crippen LogP contribution in [0.25, 0.3) is 0 Å². The van der Waals surface area contributed by atoms with Gasteiger partial charge >= 0.3 is 0 Å². The van der Waals surface area contributed by atoms with Crippen LogP contribution >= 0.6 is 0 Å². The van der Waals surface area contributed by atoms with Crippen LogP contribution in [0.3, 0.4) is 0 Å². The van der Waals surface area contributed by atoms with E-state index in [-0.39, 0.29) is 23.1 Å². The van der Waals surface area contributed by atoms with Gasteiger partial charge in [0.25, 0.3) is 11.5 Å². The molecule has 132 valence electrons. The van der Waals surface area contributed by atoms with Gasteiger partial charge in [-0.2, -0.15) is 4.98 Å². The van der Waals surface area contributed by atoms with Crippen molar-refractivity contribution in [3.8, 4) is 0 Å². The average molecular weight is 343 g/mol. The van der Waals surface area contributed by atoms with Crippen molar-refractivity contribution in [1.82, 2.24) is 25.0 Å². The van der Waals surface area contributed by atoms with Crippen molar-refractivity contribution in [2.24, 2.45) is 5.92 Å². The molecule has 1 saturated carbocycles. The number of carbonyl (C=O) groups excluding carboxylic acids is 1. The van der Waals surface area contributed by atoms with Crippen molar-refractivity contribution >= 4 is 5.91 Å². The summed E-state index contributed by atoms with van der Waals surface area (Å²) in [6.07, 6.45) is 4.65. The Morgan fingerprint density at radius 2 is 2.20 bits per heavy atom. The average Bonchev–Trinajstić information content (AvgIpc) is 3.37. The summed E-state index contributed by atoms with van der Waals surface area (Å²) in [6, 6.07) is 1.30. The molecule has 1 N–H and O–H groups in total. The molecule has 3 heterocycles. The van der Waals surface area contributed by atoms with Gasteiger partial charge in [-0.05, 0) is 38.5 Å². The Bertz CT molecular complexity index is 839. The number of aryl methyl sites for hydroxylation is 1. The highest BCUT2D eigenvalue weighted by Gasteiger charge is 2.30. The van der Waals surface area contributed by atoms with Crippen molar-refractivity contribution in [1.29, 1.82) is 0 Å². The summed E-state index contributed by atoms with van der Waals surface area (Å²) < 4.78 is 5.19. The van der Waals surface area contributed by atoms with E-state index in [4.69, 9.17) is 4.52 Å². The minimum absolute atomic E-state index is 0.167. The molecule has 1 aliphatic carbocycles. The first-order chi connectivity index (χ1) is 12.1. The Balaban J connectivity index is 1.47. The number of hydrogen-bond acceptors (Lipinski definition) is 6. The van der Waals surface area contributed by atoms with Crippen LogP contribution in [0.2, 0.25) is 0 Å². The van der Waals surface area contributed by atoms with E-state index >= 15 is 0 Å². The lowest BCUT2D eigenvalue weighted by Gasteiger charge is -2.32. The zero-order chi connectivity index (χ0) is 17.4. The number of nitrogens with zero attached hydrogens (tertiary/aromatic N) is 4. The van der Waals surface area contributed by atoms with Crippen molar-refractivity contribution < 1.29 is 9.32 Å². The summed E-state index contributed by atoms with van der Waals surface area (Å²) in [5.74, 6) is 2.30. The second-order valence-electron chi connectivity index (χ2n) is 6.99. The van der Waals surface area contributed by atoms with E-state index in [0.717, 1.165) is 25.7 Å². The summed E-state index contributed by atoms with van der Waals surface area (Å²) >= 11 is 0. The third kappa shape index (κ3) is 3.62. The standard InChI is InChI=1S/C17H21N5O3/c1-10-18-15(25-21-10)7-11-3-2-6-22(9-11)17(24)13-8-14(23)20-16(19-13)12-4-5-12/h8,11-12H,2-7,9H2,1H3,(H,19,20,23). The third-order valence-electron chi connectivity index (χ3n) is 4.78. The van der Waals surface area contributed by atoms with Gasteiger partial charge in [-0.3, -0.25) is 9.59 Å². The fraction of sp³-hybridized carbons (Fsp3) is 0.588. The van der Waals surface area contributed by atoms with Crippen LogP contribution in [0, 0.1) is 12.8 Å². The van der Waals surface area contributed by atoms with Gasteiger partial charge in [-0.1, -0.05) is 5.16 Å². The number of likely N-dealkylation sites (tertiary alicyclic amines) is 1. The summed E-state index contributed by atoms with van der Waals surface area (Å²) in [6.45, 7) is 3.10. The minimum Gasteiger partial charge on any atom is -0.339 e. The molecule has 2 aromatic rings. The highest BCUT2D eigenvalue weighted by Crippen LogP contribution is 2.37. The Morgan fingerprint density at radius 1 is 1.36 bits per heavy atom. The van der Waals surface area contributed by atoms with E-state index in [0.29, 0.717) is 43.0 Å². The molecule has 2 aromatic heterocycles. The fourth-order valence-electron chi connectivity index (χ4n) is 3.38. The Kier molecular flexibility index (Phi) is 4.10. The van der Waals surface area contributed by atoms with Crippen LogP contribution in [0.15, 0.2) is 15.4 Å². The summed E-state index contributed by atoms with van der Waals surface area (Å²) in [5.41, 5.74) is -0.00456. The van der Waals surface area contributed by atoms with Crippen molar-refractivity contribution in [3.05, 3.63) is 39.7 Å². The molecule has 0 radical (unpaired) electrons. The molecule has 0 spiro atoms. The number of carbonyl (C=O) groups is 1. The maximum Gasteiger partial charge on any atom is 0.272 e. The van der Waals surface area contributed by atoms with Crippen LogP contribution in [0.5, 0.6) is 0 Å². The van der Waals surface area contributed by atoms with Crippen LogP contribution in [-0.2, 0) is 6.42 Å². The van der Waals surface area contributed by atoms with Crippen LogP contribution < -0.4 is 5.56 Å². The molecule has 1 aliphatic heterocycles. The molecule has 0 bridgehead atoms. The molecule has 8 heteroatoms. The summed E-state index contributed by atoms with van der Waals surface area (Å²) in [5, 5.41) is 3.81. The normalized spacial score (nSPS) is 20.7. The van der Waals surface area contributed by atoms with Crippen molar-refractivity contribution in [2.75, 3.05) is 13.1 Å². The van der Waals surface area contributed by atoms with E-state index in [9.17, 15) is 9.59 Å². The number of aromatic amines is 1. The van der Waals surface area contributed by atoms with E-state index < -0.39 is 0 Å². The molecule has 1 amide bonds. The van der Waals surface area contributed by atoms with Gasteiger partial charge in [-0.25, -0.2) is 4.98 Å². The third-order valence-corrected chi connectivity index (χ3v) is 4.78. The van der Waals surface area contributed by atoms with Gasteiger partial charge in [0.2, 0.25) is 5.89 Å².